The number of carbonyl (C=O) groups excluding carboxylic acids is 2. The molecule has 0 fully saturated rings. The van der Waals surface area contributed by atoms with E-state index in [9.17, 15) is 0 Å². The van der Waals surface area contributed by atoms with Crippen LogP contribution in [-0.4, -0.2) is 11.9 Å². The minimum Gasteiger partial charge on any atom is 2.00 e. The van der Waals surface area contributed by atoms with Gasteiger partial charge < -0.3 is 9.90 Å². The molecule has 6 heteroatoms. The molecule has 0 aromatic rings. The Hall–Kier alpha value is 0.122. The standard InChI is InChI=1S/C2H4O2.C2H3O2.Cu.Pd/c2*1-2(3)4;;/h1H3,(H,3,4);1H2,(H,3,4);;/q;;;+2/p-2. The Kier molecular flexibility index (Phi) is 19.7. The topological polar surface area (TPSA) is 80.3 Å². The fourth-order valence-electron chi connectivity index (χ4n) is 0. The number of aliphatic carboxylic acids is 2. The van der Waals surface area contributed by atoms with E-state index in [1.165, 1.54) is 0 Å². The second-order valence-corrected chi connectivity index (χ2v) is 1.30. The van der Waals surface area contributed by atoms with Crippen molar-refractivity contribution in [2.75, 3.05) is 0 Å². The molecular weight excluding hydrogens is 282 g/mol. The Labute approximate surface area is 80.5 Å². The zero-order chi connectivity index (χ0) is 7.86. The molecule has 0 aromatic heterocycles. The van der Waals surface area contributed by atoms with Crippen molar-refractivity contribution in [1.29, 1.82) is 0 Å². The van der Waals surface area contributed by atoms with Gasteiger partial charge in [0.2, 0.25) is 0 Å². The van der Waals surface area contributed by atoms with Gasteiger partial charge in [-0.1, -0.05) is 0 Å². The average Bonchev–Trinajstić information content (AvgIpc) is 1.65. The van der Waals surface area contributed by atoms with E-state index >= 15 is 0 Å². The summed E-state index contributed by atoms with van der Waals surface area (Å²) in [5, 5.41) is 17.7. The molecule has 0 aliphatic carbocycles. The van der Waals surface area contributed by atoms with Gasteiger partial charge in [-0.2, -0.15) is 0 Å². The summed E-state index contributed by atoms with van der Waals surface area (Å²) in [7, 11) is 0. The molecule has 0 spiro atoms. The summed E-state index contributed by atoms with van der Waals surface area (Å²) >= 11 is 4.14. The van der Waals surface area contributed by atoms with Crippen LogP contribution in [0, 0.1) is 0 Å². The van der Waals surface area contributed by atoms with E-state index in [1.54, 1.807) is 0 Å². The molecule has 4 nitrogen and oxygen atoms in total. The second-order valence-electron chi connectivity index (χ2n) is 0.970. The Morgan fingerprint density at radius 2 is 1.50 bits per heavy atom. The summed E-state index contributed by atoms with van der Waals surface area (Å²) < 4.78 is 0. The zero-order valence-electron chi connectivity index (χ0n) is 4.96. The van der Waals surface area contributed by atoms with Crippen molar-refractivity contribution in [3.05, 3.63) is 0 Å². The number of hydrogen-bond acceptors (Lipinski definition) is 4. The van der Waals surface area contributed by atoms with Crippen molar-refractivity contribution in [3.8, 4) is 0 Å². The maximum atomic E-state index is 9.15. The Morgan fingerprint density at radius 1 is 1.40 bits per heavy atom. The fourth-order valence-corrected chi connectivity index (χ4v) is 0. The SMILES string of the molecule is CC(=O)[O-].O=C([O-])[CH2][Cu].[Pd+2]. The predicted octanol–water partition coefficient (Wildman–Crippen LogP) is -2.54. The van der Waals surface area contributed by atoms with Gasteiger partial charge in [-0.15, -0.1) is 0 Å². The molecule has 0 aliphatic rings. The van der Waals surface area contributed by atoms with Crippen LogP contribution in [-0.2, 0) is 46.0 Å². The quantitative estimate of drug-likeness (QED) is 0.497. The van der Waals surface area contributed by atoms with Crippen molar-refractivity contribution in [2.24, 2.45) is 0 Å². The molecule has 0 atom stereocenters. The number of rotatable bonds is 1. The van der Waals surface area contributed by atoms with E-state index in [0.717, 1.165) is 6.92 Å². The van der Waals surface area contributed by atoms with Crippen LogP contribution >= 0.6 is 0 Å². The molecule has 0 heterocycles. The van der Waals surface area contributed by atoms with Gasteiger partial charge in [0.05, 0.1) is 0 Å². The molecule has 0 radical (unpaired) electrons. The second kappa shape index (κ2) is 11.9. The number of carboxylic acids is 2. The summed E-state index contributed by atoms with van der Waals surface area (Å²) in [6, 6.07) is 0. The molecule has 0 saturated carbocycles. The average molecular weight is 287 g/mol. The van der Waals surface area contributed by atoms with Gasteiger partial charge in [0.25, 0.3) is 0 Å². The van der Waals surface area contributed by atoms with E-state index in [4.69, 9.17) is 19.8 Å². The van der Waals surface area contributed by atoms with Gasteiger partial charge in [0.15, 0.2) is 0 Å². The van der Waals surface area contributed by atoms with Crippen LogP contribution in [0.5, 0.6) is 0 Å². The largest absolute Gasteiger partial charge is 2.00 e. The van der Waals surface area contributed by atoms with E-state index < -0.39 is 11.9 Å². The van der Waals surface area contributed by atoms with E-state index in [2.05, 4.69) is 16.0 Å². The molecule has 0 aliphatic heterocycles. The van der Waals surface area contributed by atoms with Gasteiger partial charge in [0.1, 0.15) is 0 Å². The first-order valence-electron chi connectivity index (χ1n) is 1.88. The molecule has 0 bridgehead atoms. The summed E-state index contributed by atoms with van der Waals surface area (Å²) in [5.74, 6) is -2.27. The molecule has 0 rings (SSSR count). The Morgan fingerprint density at radius 3 is 1.50 bits per heavy atom. The van der Waals surface area contributed by atoms with E-state index in [-0.39, 0.29) is 25.7 Å². The maximum absolute atomic E-state index is 9.15. The maximum Gasteiger partial charge on any atom is 2.00 e. The zero-order valence-corrected chi connectivity index (χ0v) is 7.45. The van der Waals surface area contributed by atoms with Crippen LogP contribution in [0.3, 0.4) is 0 Å². The molecule has 0 unspecified atom stereocenters. The normalized spacial score (nSPS) is 6.30. The van der Waals surface area contributed by atoms with Crippen molar-refractivity contribution in [1.82, 2.24) is 0 Å². The van der Waals surface area contributed by atoms with Crippen LogP contribution in [0.15, 0.2) is 0 Å². The van der Waals surface area contributed by atoms with Gasteiger partial charge in [-0.05, 0) is 6.92 Å². The van der Waals surface area contributed by atoms with Crippen LogP contribution in [0.25, 0.3) is 0 Å². The minimum absolute atomic E-state index is 0. The molecule has 10 heavy (non-hydrogen) atoms. The third kappa shape index (κ3) is 91.5. The van der Waals surface area contributed by atoms with Crippen molar-refractivity contribution >= 4 is 11.9 Å². The van der Waals surface area contributed by atoms with Crippen LogP contribution in [0.4, 0.5) is 0 Å². The molecule has 0 N–H and O–H groups in total. The molecule has 0 aromatic carbocycles. The minimum atomic E-state index is -1.19. The molecule has 66 valence electrons. The first-order chi connectivity index (χ1) is 4.00. The summed E-state index contributed by atoms with van der Waals surface area (Å²) in [6.45, 7) is 0.972. The number of carboxylic acid groups (broad SMARTS) is 2. The van der Waals surface area contributed by atoms with Gasteiger partial charge in [-0.3, -0.25) is 0 Å². The summed E-state index contributed by atoms with van der Waals surface area (Å²) in [5.41, 5.74) is 0. The fraction of sp³-hybridized carbons (Fsp3) is 0.500. The third-order valence-corrected chi connectivity index (χ3v) is 0.359. The van der Waals surface area contributed by atoms with Gasteiger partial charge >= 0.3 is 57.6 Å². The first-order valence-corrected chi connectivity index (χ1v) is 2.55. The van der Waals surface area contributed by atoms with Crippen LogP contribution in [0.1, 0.15) is 6.92 Å². The monoisotopic (exact) mass is 286 g/mol. The first kappa shape index (κ1) is 16.6. The summed E-state index contributed by atoms with van der Waals surface area (Å²) in [4.78, 5) is 18.0. The number of carbonyl (C=O) groups is 2. The summed E-state index contributed by atoms with van der Waals surface area (Å²) in [6.07, 6.45) is 0. The Balaban J connectivity index is -0.0000000910. The molecular formula is C4H5CuO4Pd. The van der Waals surface area contributed by atoms with Crippen LogP contribution < -0.4 is 10.2 Å². The predicted molar refractivity (Wildman–Crippen MR) is 20.5 cm³/mol. The van der Waals surface area contributed by atoms with Crippen molar-refractivity contribution in [2.45, 2.75) is 12.2 Å². The van der Waals surface area contributed by atoms with Gasteiger partial charge in [-0.25, -0.2) is 0 Å². The smallest absolute Gasteiger partial charge is 2.00 e. The van der Waals surface area contributed by atoms with E-state index in [1.807, 2.05) is 0 Å². The van der Waals surface area contributed by atoms with Crippen molar-refractivity contribution < 1.29 is 56.2 Å². The third-order valence-electron chi connectivity index (χ3n) is 0.0870. The Bertz CT molecular complexity index is 101. The molecule has 0 saturated heterocycles. The van der Waals surface area contributed by atoms with E-state index in [0.29, 0.717) is 0 Å². The van der Waals surface area contributed by atoms with Crippen LogP contribution in [0.2, 0.25) is 5.32 Å². The van der Waals surface area contributed by atoms with Crippen molar-refractivity contribution in [3.63, 3.8) is 0 Å². The molecule has 0 amide bonds. The van der Waals surface area contributed by atoms with Gasteiger partial charge in [0, 0.05) is 5.97 Å². The number of hydrogen-bond donors (Lipinski definition) is 0.